The first-order valence-electron chi connectivity index (χ1n) is 4.75. The highest BCUT2D eigenvalue weighted by molar-refractivity contribution is 5.85. The predicted molar refractivity (Wildman–Crippen MR) is 60.0 cm³/mol. The lowest BCUT2D eigenvalue weighted by Gasteiger charge is -2.23. The fourth-order valence-corrected chi connectivity index (χ4v) is 1.56. The second-order valence-corrected chi connectivity index (χ2v) is 3.47. The van der Waals surface area contributed by atoms with E-state index in [4.69, 9.17) is 4.74 Å². The van der Waals surface area contributed by atoms with Crippen molar-refractivity contribution in [3.63, 3.8) is 0 Å². The molecule has 1 aromatic carbocycles. The van der Waals surface area contributed by atoms with Gasteiger partial charge in [0.15, 0.2) is 0 Å². The number of morpholine rings is 1. The molecule has 1 N–H and O–H groups in total. The molecule has 0 aromatic heterocycles. The van der Waals surface area contributed by atoms with Crippen molar-refractivity contribution in [2.75, 3.05) is 19.7 Å². The van der Waals surface area contributed by atoms with Gasteiger partial charge in [-0.25, -0.2) is 0 Å². The third-order valence-electron chi connectivity index (χ3n) is 2.38. The van der Waals surface area contributed by atoms with Crippen LogP contribution >= 0.6 is 12.4 Å². The molecule has 14 heavy (non-hydrogen) atoms. The van der Waals surface area contributed by atoms with Gasteiger partial charge in [-0.05, 0) is 12.5 Å². The smallest absolute Gasteiger partial charge is 0.0949 e. The fraction of sp³-hybridized carbons (Fsp3) is 0.455. The van der Waals surface area contributed by atoms with E-state index in [1.807, 2.05) is 0 Å². The maximum absolute atomic E-state index is 5.64. The van der Waals surface area contributed by atoms with Gasteiger partial charge < -0.3 is 10.1 Å². The minimum atomic E-state index is 0. The summed E-state index contributed by atoms with van der Waals surface area (Å²) in [4.78, 5) is 0. The molecule has 0 saturated carbocycles. The van der Waals surface area contributed by atoms with E-state index in [1.54, 1.807) is 0 Å². The normalized spacial score (nSPS) is 21.4. The van der Waals surface area contributed by atoms with Crippen molar-refractivity contribution >= 4 is 12.4 Å². The number of halogens is 1. The first kappa shape index (κ1) is 11.5. The number of nitrogens with one attached hydrogen (secondary N) is 1. The van der Waals surface area contributed by atoms with E-state index in [0.29, 0.717) is 0 Å². The first-order chi connectivity index (χ1) is 6.36. The number of ether oxygens (including phenoxy) is 1. The zero-order valence-electron chi connectivity index (χ0n) is 8.32. The van der Waals surface area contributed by atoms with Gasteiger partial charge in [-0.15, -0.1) is 12.4 Å². The Balaban J connectivity index is 0.000000980. The Kier molecular flexibility index (Phi) is 4.39. The number of rotatable bonds is 1. The molecule has 1 aliphatic heterocycles. The Bertz CT molecular complexity index is 267. The Hall–Kier alpha value is -0.570. The Morgan fingerprint density at radius 2 is 2.00 bits per heavy atom. The van der Waals surface area contributed by atoms with Gasteiger partial charge in [0, 0.05) is 13.1 Å². The van der Waals surface area contributed by atoms with Crippen LogP contribution in [0.1, 0.15) is 17.2 Å². The SMILES string of the molecule is Cc1ccc([C@@H]2CNCCO2)cc1.Cl. The molecule has 1 fully saturated rings. The molecule has 0 amide bonds. The molecular weight excluding hydrogens is 198 g/mol. The second kappa shape index (κ2) is 5.35. The lowest BCUT2D eigenvalue weighted by molar-refractivity contribution is 0.0277. The molecule has 1 aliphatic rings. The van der Waals surface area contributed by atoms with Crippen molar-refractivity contribution in [2.24, 2.45) is 0 Å². The lowest BCUT2D eigenvalue weighted by Crippen LogP contribution is -2.33. The van der Waals surface area contributed by atoms with Crippen molar-refractivity contribution in [1.29, 1.82) is 0 Å². The van der Waals surface area contributed by atoms with Gasteiger partial charge in [0.1, 0.15) is 0 Å². The number of benzene rings is 1. The summed E-state index contributed by atoms with van der Waals surface area (Å²) in [6.07, 6.45) is 0.245. The first-order valence-corrected chi connectivity index (χ1v) is 4.75. The molecule has 2 nitrogen and oxygen atoms in total. The van der Waals surface area contributed by atoms with Crippen molar-refractivity contribution in [3.8, 4) is 0 Å². The summed E-state index contributed by atoms with van der Waals surface area (Å²) in [5, 5.41) is 3.32. The molecule has 1 atom stereocenters. The van der Waals surface area contributed by atoms with Gasteiger partial charge in [-0.2, -0.15) is 0 Å². The van der Waals surface area contributed by atoms with Crippen molar-refractivity contribution < 1.29 is 4.74 Å². The maximum atomic E-state index is 5.64. The maximum Gasteiger partial charge on any atom is 0.0949 e. The lowest BCUT2D eigenvalue weighted by atomic mass is 10.1. The number of hydrogen-bond acceptors (Lipinski definition) is 2. The number of hydrogen-bond donors (Lipinski definition) is 1. The Labute approximate surface area is 91.1 Å². The van der Waals surface area contributed by atoms with E-state index < -0.39 is 0 Å². The van der Waals surface area contributed by atoms with Crippen LogP contribution < -0.4 is 5.32 Å². The zero-order valence-corrected chi connectivity index (χ0v) is 9.14. The molecule has 0 bridgehead atoms. The molecule has 0 aliphatic carbocycles. The third-order valence-corrected chi connectivity index (χ3v) is 2.38. The van der Waals surface area contributed by atoms with E-state index in [1.165, 1.54) is 11.1 Å². The largest absolute Gasteiger partial charge is 0.371 e. The topological polar surface area (TPSA) is 21.3 Å². The molecule has 0 unspecified atom stereocenters. The van der Waals surface area contributed by atoms with Gasteiger partial charge >= 0.3 is 0 Å². The van der Waals surface area contributed by atoms with Crippen molar-refractivity contribution in [1.82, 2.24) is 5.32 Å². The van der Waals surface area contributed by atoms with E-state index in [-0.39, 0.29) is 18.5 Å². The monoisotopic (exact) mass is 213 g/mol. The summed E-state index contributed by atoms with van der Waals surface area (Å²) in [5.41, 5.74) is 2.57. The van der Waals surface area contributed by atoms with Crippen molar-refractivity contribution in [2.45, 2.75) is 13.0 Å². The molecule has 0 radical (unpaired) electrons. The Morgan fingerprint density at radius 3 is 2.57 bits per heavy atom. The van der Waals surface area contributed by atoms with Crippen LogP contribution in [0.4, 0.5) is 0 Å². The van der Waals surface area contributed by atoms with Crippen LogP contribution in [-0.2, 0) is 4.74 Å². The van der Waals surface area contributed by atoms with Crippen LogP contribution in [0.3, 0.4) is 0 Å². The van der Waals surface area contributed by atoms with Gasteiger partial charge in [0.2, 0.25) is 0 Å². The minimum absolute atomic E-state index is 0. The molecule has 2 rings (SSSR count). The molecule has 0 spiro atoms. The average Bonchev–Trinajstić information content (AvgIpc) is 2.20. The highest BCUT2D eigenvalue weighted by atomic mass is 35.5. The standard InChI is InChI=1S/C11H15NO.ClH/c1-9-2-4-10(5-3-9)11-8-12-6-7-13-11;/h2-5,11-12H,6-8H2,1H3;1H/t11-;/m0./s1. The van der Waals surface area contributed by atoms with Crippen LogP contribution in [0, 0.1) is 6.92 Å². The second-order valence-electron chi connectivity index (χ2n) is 3.47. The van der Waals surface area contributed by atoms with Crippen LogP contribution in [0.25, 0.3) is 0 Å². The van der Waals surface area contributed by atoms with Crippen LogP contribution in [-0.4, -0.2) is 19.7 Å². The van der Waals surface area contributed by atoms with E-state index in [2.05, 4.69) is 36.5 Å². The summed E-state index contributed by atoms with van der Waals surface area (Å²) in [7, 11) is 0. The molecule has 3 heteroatoms. The molecule has 78 valence electrons. The van der Waals surface area contributed by atoms with Crippen LogP contribution in [0.5, 0.6) is 0 Å². The van der Waals surface area contributed by atoms with Gasteiger partial charge in [-0.1, -0.05) is 29.8 Å². The van der Waals surface area contributed by atoms with Crippen molar-refractivity contribution in [3.05, 3.63) is 35.4 Å². The Morgan fingerprint density at radius 1 is 1.29 bits per heavy atom. The summed E-state index contributed by atoms with van der Waals surface area (Å²) in [5.74, 6) is 0. The minimum Gasteiger partial charge on any atom is -0.371 e. The van der Waals surface area contributed by atoms with Crippen LogP contribution in [0.2, 0.25) is 0 Å². The molecule has 1 aromatic rings. The summed E-state index contributed by atoms with van der Waals surface area (Å²) >= 11 is 0. The fourth-order valence-electron chi connectivity index (χ4n) is 1.56. The van der Waals surface area contributed by atoms with Gasteiger partial charge in [-0.3, -0.25) is 0 Å². The summed E-state index contributed by atoms with van der Waals surface area (Å²) < 4.78 is 5.64. The van der Waals surface area contributed by atoms with Gasteiger partial charge in [0.05, 0.1) is 12.7 Å². The quantitative estimate of drug-likeness (QED) is 0.772. The van der Waals surface area contributed by atoms with E-state index >= 15 is 0 Å². The average molecular weight is 214 g/mol. The highest BCUT2D eigenvalue weighted by Gasteiger charge is 2.14. The van der Waals surface area contributed by atoms with Crippen LogP contribution in [0.15, 0.2) is 24.3 Å². The predicted octanol–water partition coefficient (Wildman–Crippen LogP) is 2.08. The zero-order chi connectivity index (χ0) is 9.10. The number of aryl methyl sites for hydroxylation is 1. The summed E-state index contributed by atoms with van der Waals surface area (Å²) in [6.45, 7) is 4.83. The third kappa shape index (κ3) is 2.71. The molecule has 1 saturated heterocycles. The summed E-state index contributed by atoms with van der Waals surface area (Å²) in [6, 6.07) is 8.56. The molecular formula is C11H16ClNO. The van der Waals surface area contributed by atoms with Gasteiger partial charge in [0.25, 0.3) is 0 Å². The van der Waals surface area contributed by atoms with E-state index in [9.17, 15) is 0 Å². The molecule has 1 heterocycles. The van der Waals surface area contributed by atoms with E-state index in [0.717, 1.165) is 19.7 Å². The highest BCUT2D eigenvalue weighted by Crippen LogP contribution is 2.18.